The van der Waals surface area contributed by atoms with E-state index < -0.39 is 0 Å². The quantitative estimate of drug-likeness (QED) is 0.803. The van der Waals surface area contributed by atoms with Crippen molar-refractivity contribution in [1.29, 1.82) is 0 Å². The van der Waals surface area contributed by atoms with E-state index in [2.05, 4.69) is 20.5 Å². The van der Waals surface area contributed by atoms with Crippen molar-refractivity contribution in [1.82, 2.24) is 15.2 Å². The van der Waals surface area contributed by atoms with Crippen molar-refractivity contribution < 1.29 is 4.79 Å². The molecule has 0 aliphatic carbocycles. The van der Waals surface area contributed by atoms with Gasteiger partial charge in [-0.15, -0.1) is 5.10 Å². The molecule has 2 aromatic heterocycles. The molecule has 0 spiro atoms. The van der Waals surface area contributed by atoms with Gasteiger partial charge in [0, 0.05) is 11.6 Å². The summed E-state index contributed by atoms with van der Waals surface area (Å²) in [6.07, 6.45) is 1.70. The lowest BCUT2D eigenvalue weighted by molar-refractivity contribution is 0.102. The summed E-state index contributed by atoms with van der Waals surface area (Å²) in [5.74, 6) is -0.00663. The Kier molecular flexibility index (Phi) is 3.78. The van der Waals surface area contributed by atoms with Gasteiger partial charge in [-0.3, -0.25) is 9.78 Å². The van der Waals surface area contributed by atoms with Crippen LogP contribution in [0.4, 0.5) is 5.69 Å². The predicted octanol–water partition coefficient (Wildman–Crippen LogP) is 3.40. The summed E-state index contributed by atoms with van der Waals surface area (Å²) in [5, 5.41) is 11.9. The predicted molar refractivity (Wildman–Crippen MR) is 85.8 cm³/mol. The molecule has 0 unspecified atom stereocenters. The number of nitrogens with zero attached hydrogens (tertiary/aromatic N) is 3. The fraction of sp³-hybridized carbons (Fsp3) is 0.176. The van der Waals surface area contributed by atoms with Crippen molar-refractivity contribution in [2.75, 3.05) is 5.32 Å². The van der Waals surface area contributed by atoms with Crippen LogP contribution in [0.3, 0.4) is 0 Å². The molecule has 0 saturated heterocycles. The summed E-state index contributed by atoms with van der Waals surface area (Å²) in [7, 11) is 0. The molecule has 3 rings (SSSR count). The molecular weight excluding hydrogens is 276 g/mol. The fourth-order valence-electron chi connectivity index (χ4n) is 2.16. The number of amides is 1. The van der Waals surface area contributed by atoms with E-state index in [1.54, 1.807) is 12.3 Å². The molecule has 0 fully saturated rings. The van der Waals surface area contributed by atoms with Crippen LogP contribution >= 0.6 is 0 Å². The number of rotatable bonds is 3. The van der Waals surface area contributed by atoms with Gasteiger partial charge < -0.3 is 5.32 Å². The van der Waals surface area contributed by atoms with E-state index in [1.165, 1.54) is 0 Å². The molecule has 0 atom stereocenters. The average molecular weight is 292 g/mol. The second-order valence-electron chi connectivity index (χ2n) is 5.33. The highest BCUT2D eigenvalue weighted by Crippen LogP contribution is 2.21. The Bertz CT molecular complexity index is 807. The molecule has 0 aliphatic heterocycles. The summed E-state index contributed by atoms with van der Waals surface area (Å²) >= 11 is 0. The minimum Gasteiger partial charge on any atom is -0.319 e. The van der Waals surface area contributed by atoms with Gasteiger partial charge >= 0.3 is 0 Å². The minimum absolute atomic E-state index is 0.284. The molecule has 1 N–H and O–H groups in total. The van der Waals surface area contributed by atoms with Gasteiger partial charge in [-0.1, -0.05) is 32.0 Å². The molecular formula is C17H16N4O. The third-order valence-corrected chi connectivity index (χ3v) is 3.39. The van der Waals surface area contributed by atoms with Crippen LogP contribution < -0.4 is 5.32 Å². The van der Waals surface area contributed by atoms with E-state index in [-0.39, 0.29) is 17.5 Å². The lowest BCUT2D eigenvalue weighted by Gasteiger charge is -2.08. The van der Waals surface area contributed by atoms with Gasteiger partial charge in [0.15, 0.2) is 5.69 Å². The summed E-state index contributed by atoms with van der Waals surface area (Å²) < 4.78 is 0. The number of hydrogen-bond acceptors (Lipinski definition) is 4. The zero-order valence-corrected chi connectivity index (χ0v) is 12.4. The van der Waals surface area contributed by atoms with Crippen molar-refractivity contribution in [2.24, 2.45) is 0 Å². The molecule has 1 aromatic carbocycles. The number of carbonyl (C=O) groups excluding carboxylic acids is 1. The van der Waals surface area contributed by atoms with Crippen LogP contribution in [0, 0.1) is 0 Å². The molecule has 0 aliphatic rings. The first-order valence-electron chi connectivity index (χ1n) is 7.14. The maximum Gasteiger partial charge on any atom is 0.276 e. The molecule has 0 radical (unpaired) electrons. The standard InChI is InChI=1S/C17H16N4O/c1-11(2)13-8-9-15(21-20-13)17(22)19-14-7-3-5-12-6-4-10-18-16(12)14/h3-11H,1-2H3,(H,19,22). The lowest BCUT2D eigenvalue weighted by atomic mass is 10.1. The van der Waals surface area contributed by atoms with Crippen molar-refractivity contribution in [3.8, 4) is 0 Å². The Morgan fingerprint density at radius 2 is 1.86 bits per heavy atom. The smallest absolute Gasteiger partial charge is 0.276 e. The van der Waals surface area contributed by atoms with E-state index in [0.29, 0.717) is 5.69 Å². The van der Waals surface area contributed by atoms with Crippen molar-refractivity contribution in [3.63, 3.8) is 0 Å². The van der Waals surface area contributed by atoms with Crippen LogP contribution in [0.5, 0.6) is 0 Å². The number of nitrogens with one attached hydrogen (secondary N) is 1. The average Bonchev–Trinajstić information content (AvgIpc) is 2.55. The molecule has 5 heteroatoms. The topological polar surface area (TPSA) is 67.8 Å². The molecule has 22 heavy (non-hydrogen) atoms. The second-order valence-corrected chi connectivity index (χ2v) is 5.33. The Morgan fingerprint density at radius 1 is 1.05 bits per heavy atom. The van der Waals surface area contributed by atoms with Crippen LogP contribution in [0.1, 0.15) is 35.9 Å². The summed E-state index contributed by atoms with van der Waals surface area (Å²) in [6.45, 7) is 4.07. The van der Waals surface area contributed by atoms with Gasteiger partial charge in [-0.25, -0.2) is 0 Å². The number of benzene rings is 1. The van der Waals surface area contributed by atoms with Gasteiger partial charge in [-0.2, -0.15) is 5.10 Å². The van der Waals surface area contributed by atoms with E-state index in [4.69, 9.17) is 0 Å². The molecule has 0 saturated carbocycles. The van der Waals surface area contributed by atoms with Gasteiger partial charge in [-0.05, 0) is 30.2 Å². The highest BCUT2D eigenvalue weighted by Gasteiger charge is 2.11. The van der Waals surface area contributed by atoms with E-state index in [1.807, 2.05) is 50.2 Å². The molecule has 110 valence electrons. The maximum absolute atomic E-state index is 12.3. The summed E-state index contributed by atoms with van der Waals surface area (Å²) in [5.41, 5.74) is 2.57. The molecule has 5 nitrogen and oxygen atoms in total. The monoisotopic (exact) mass is 292 g/mol. The molecule has 3 aromatic rings. The van der Waals surface area contributed by atoms with Crippen molar-refractivity contribution in [3.05, 3.63) is 60.0 Å². The first-order valence-corrected chi connectivity index (χ1v) is 7.14. The highest BCUT2D eigenvalue weighted by molar-refractivity contribution is 6.07. The molecule has 2 heterocycles. The normalized spacial score (nSPS) is 10.9. The van der Waals surface area contributed by atoms with Gasteiger partial charge in [0.25, 0.3) is 5.91 Å². The van der Waals surface area contributed by atoms with Crippen LogP contribution in [-0.4, -0.2) is 21.1 Å². The highest BCUT2D eigenvalue weighted by atomic mass is 16.1. The fourth-order valence-corrected chi connectivity index (χ4v) is 2.16. The zero-order valence-electron chi connectivity index (χ0n) is 12.4. The number of fused-ring (bicyclic) bond motifs is 1. The third kappa shape index (κ3) is 2.79. The summed E-state index contributed by atoms with van der Waals surface area (Å²) in [6, 6.07) is 13.0. The number of aromatic nitrogens is 3. The van der Waals surface area contributed by atoms with E-state index in [9.17, 15) is 4.79 Å². The number of hydrogen-bond donors (Lipinski definition) is 1. The summed E-state index contributed by atoms with van der Waals surface area (Å²) in [4.78, 5) is 16.6. The lowest BCUT2D eigenvalue weighted by Crippen LogP contribution is -2.15. The SMILES string of the molecule is CC(C)c1ccc(C(=O)Nc2cccc3cccnc23)nn1. The van der Waals surface area contributed by atoms with Gasteiger partial charge in [0.1, 0.15) is 0 Å². The maximum atomic E-state index is 12.3. The van der Waals surface area contributed by atoms with Gasteiger partial charge in [0.05, 0.1) is 16.9 Å². The number of para-hydroxylation sites is 1. The first kappa shape index (κ1) is 14.1. The number of pyridine rings is 1. The Hall–Kier alpha value is -2.82. The molecule has 0 bridgehead atoms. The Morgan fingerprint density at radius 3 is 2.59 bits per heavy atom. The first-order chi connectivity index (χ1) is 10.6. The molecule has 1 amide bonds. The minimum atomic E-state index is -0.291. The second kappa shape index (κ2) is 5.89. The zero-order chi connectivity index (χ0) is 15.5. The van der Waals surface area contributed by atoms with Crippen LogP contribution in [0.25, 0.3) is 10.9 Å². The Labute approximate surface area is 128 Å². The van der Waals surface area contributed by atoms with Crippen LogP contribution in [0.2, 0.25) is 0 Å². The van der Waals surface area contributed by atoms with Crippen LogP contribution in [-0.2, 0) is 0 Å². The number of anilines is 1. The number of carbonyl (C=O) groups is 1. The van der Waals surface area contributed by atoms with E-state index in [0.717, 1.165) is 16.6 Å². The van der Waals surface area contributed by atoms with Crippen molar-refractivity contribution in [2.45, 2.75) is 19.8 Å². The Balaban J connectivity index is 1.87. The largest absolute Gasteiger partial charge is 0.319 e. The van der Waals surface area contributed by atoms with Crippen molar-refractivity contribution >= 4 is 22.5 Å². The van der Waals surface area contributed by atoms with Crippen LogP contribution in [0.15, 0.2) is 48.7 Å². The third-order valence-electron chi connectivity index (χ3n) is 3.39. The van der Waals surface area contributed by atoms with Gasteiger partial charge in [0.2, 0.25) is 0 Å². The van der Waals surface area contributed by atoms with E-state index >= 15 is 0 Å².